The molecule has 0 saturated carbocycles. The summed E-state index contributed by atoms with van der Waals surface area (Å²) in [6.07, 6.45) is 5.08. The van der Waals surface area contributed by atoms with Crippen molar-refractivity contribution in [1.29, 1.82) is 0 Å². The molecule has 1 heterocycles. The zero-order chi connectivity index (χ0) is 12.5. The van der Waals surface area contributed by atoms with E-state index in [1.165, 1.54) is 5.56 Å². The molecule has 18 heavy (non-hydrogen) atoms. The van der Waals surface area contributed by atoms with E-state index in [4.69, 9.17) is 16.0 Å². The fourth-order valence-corrected chi connectivity index (χ4v) is 2.97. The number of hydrogen-bond donors (Lipinski definition) is 1. The Kier molecular flexibility index (Phi) is 3.35. The van der Waals surface area contributed by atoms with Gasteiger partial charge in [-0.2, -0.15) is 0 Å². The molecule has 0 radical (unpaired) electrons. The first-order chi connectivity index (χ1) is 8.74. The van der Waals surface area contributed by atoms with Crippen LogP contribution in [0.15, 0.2) is 39.4 Å². The highest BCUT2D eigenvalue weighted by Crippen LogP contribution is 2.35. The minimum atomic E-state index is 0.308. The van der Waals surface area contributed by atoms with Crippen LogP contribution in [-0.4, -0.2) is 0 Å². The van der Waals surface area contributed by atoms with Crippen LogP contribution in [-0.2, 0) is 6.42 Å². The van der Waals surface area contributed by atoms with Gasteiger partial charge in [0, 0.05) is 21.5 Å². The Bertz CT molecular complexity index is 567. The van der Waals surface area contributed by atoms with Crippen LogP contribution in [0.1, 0.15) is 30.2 Å². The SMILES string of the molecule is Clc1ccc(Br)c(NC2CCCc3occc32)c1. The first-order valence-corrected chi connectivity index (χ1v) is 7.19. The van der Waals surface area contributed by atoms with Gasteiger partial charge in [-0.25, -0.2) is 0 Å². The third-order valence-corrected chi connectivity index (χ3v) is 4.24. The Labute approximate surface area is 119 Å². The fourth-order valence-electron chi connectivity index (χ4n) is 2.43. The number of rotatable bonds is 2. The van der Waals surface area contributed by atoms with Crippen LogP contribution < -0.4 is 5.32 Å². The molecule has 1 aromatic carbocycles. The van der Waals surface area contributed by atoms with E-state index in [-0.39, 0.29) is 0 Å². The lowest BCUT2D eigenvalue weighted by Crippen LogP contribution is -2.16. The summed E-state index contributed by atoms with van der Waals surface area (Å²) in [7, 11) is 0. The molecule has 0 amide bonds. The smallest absolute Gasteiger partial charge is 0.109 e. The topological polar surface area (TPSA) is 25.2 Å². The van der Waals surface area contributed by atoms with E-state index in [1.807, 2.05) is 18.2 Å². The maximum absolute atomic E-state index is 6.03. The Morgan fingerprint density at radius 1 is 1.33 bits per heavy atom. The summed E-state index contributed by atoms with van der Waals surface area (Å²) in [5, 5.41) is 4.28. The second kappa shape index (κ2) is 4.98. The van der Waals surface area contributed by atoms with E-state index in [2.05, 4.69) is 27.3 Å². The van der Waals surface area contributed by atoms with E-state index < -0.39 is 0 Å². The third-order valence-electron chi connectivity index (χ3n) is 3.31. The van der Waals surface area contributed by atoms with Crippen LogP contribution in [0.25, 0.3) is 0 Å². The number of nitrogens with one attached hydrogen (secondary N) is 1. The van der Waals surface area contributed by atoms with E-state index in [9.17, 15) is 0 Å². The van der Waals surface area contributed by atoms with Crippen molar-refractivity contribution in [2.75, 3.05) is 5.32 Å². The lowest BCUT2D eigenvalue weighted by atomic mass is 9.93. The van der Waals surface area contributed by atoms with Crippen molar-refractivity contribution in [3.8, 4) is 0 Å². The normalized spacial score (nSPS) is 18.4. The quantitative estimate of drug-likeness (QED) is 0.822. The first-order valence-electron chi connectivity index (χ1n) is 6.02. The summed E-state index contributed by atoms with van der Waals surface area (Å²) in [5.41, 5.74) is 2.30. The molecule has 1 aliphatic carbocycles. The number of halogens is 2. The molecule has 0 bridgehead atoms. The van der Waals surface area contributed by atoms with Gasteiger partial charge in [-0.05, 0) is 53.0 Å². The van der Waals surface area contributed by atoms with Gasteiger partial charge < -0.3 is 9.73 Å². The molecule has 1 N–H and O–H groups in total. The number of fused-ring (bicyclic) bond motifs is 1. The van der Waals surface area contributed by atoms with Gasteiger partial charge in [0.2, 0.25) is 0 Å². The molecule has 1 aromatic heterocycles. The summed E-state index contributed by atoms with van der Waals surface area (Å²) in [5.74, 6) is 1.11. The van der Waals surface area contributed by atoms with E-state index in [0.717, 1.165) is 40.2 Å². The van der Waals surface area contributed by atoms with Crippen molar-refractivity contribution in [2.45, 2.75) is 25.3 Å². The van der Waals surface area contributed by atoms with E-state index in [1.54, 1.807) is 6.26 Å². The zero-order valence-corrected chi connectivity index (χ0v) is 12.1. The number of aryl methyl sites for hydroxylation is 1. The predicted octanol–water partition coefficient (Wildman–Crippen LogP) is 5.19. The minimum absolute atomic E-state index is 0.308. The highest BCUT2D eigenvalue weighted by Gasteiger charge is 2.22. The van der Waals surface area contributed by atoms with Crippen LogP contribution in [0.5, 0.6) is 0 Å². The highest BCUT2D eigenvalue weighted by atomic mass is 79.9. The van der Waals surface area contributed by atoms with Gasteiger partial charge in [-0.3, -0.25) is 0 Å². The minimum Gasteiger partial charge on any atom is -0.469 e. The van der Waals surface area contributed by atoms with Crippen LogP contribution >= 0.6 is 27.5 Å². The molecule has 2 aromatic rings. The van der Waals surface area contributed by atoms with Crippen molar-refractivity contribution in [1.82, 2.24) is 0 Å². The van der Waals surface area contributed by atoms with Crippen LogP contribution in [0.2, 0.25) is 5.02 Å². The monoisotopic (exact) mass is 325 g/mol. The van der Waals surface area contributed by atoms with Crippen LogP contribution in [0.3, 0.4) is 0 Å². The van der Waals surface area contributed by atoms with Crippen molar-refractivity contribution >= 4 is 33.2 Å². The molecule has 94 valence electrons. The molecule has 2 nitrogen and oxygen atoms in total. The van der Waals surface area contributed by atoms with Crippen molar-refractivity contribution in [2.24, 2.45) is 0 Å². The molecule has 0 spiro atoms. The van der Waals surface area contributed by atoms with Gasteiger partial charge in [0.1, 0.15) is 5.76 Å². The van der Waals surface area contributed by atoms with Crippen molar-refractivity contribution in [3.05, 3.63) is 51.3 Å². The molecule has 1 unspecified atom stereocenters. The standard InChI is InChI=1S/C14H13BrClNO/c15-11-5-4-9(16)8-13(11)17-12-2-1-3-14-10(12)6-7-18-14/h4-8,12,17H,1-3H2. The van der Waals surface area contributed by atoms with Gasteiger partial charge in [0.15, 0.2) is 0 Å². The fraction of sp³-hybridized carbons (Fsp3) is 0.286. The van der Waals surface area contributed by atoms with Gasteiger partial charge in [-0.1, -0.05) is 11.6 Å². The maximum atomic E-state index is 6.03. The lowest BCUT2D eigenvalue weighted by Gasteiger charge is -2.24. The van der Waals surface area contributed by atoms with Crippen molar-refractivity contribution in [3.63, 3.8) is 0 Å². The molecule has 3 rings (SSSR count). The summed E-state index contributed by atoms with van der Waals surface area (Å²) in [4.78, 5) is 0. The highest BCUT2D eigenvalue weighted by molar-refractivity contribution is 9.10. The average molecular weight is 327 g/mol. The summed E-state index contributed by atoms with van der Waals surface area (Å²) < 4.78 is 6.53. The second-order valence-corrected chi connectivity index (χ2v) is 5.80. The molecule has 0 saturated heterocycles. The second-order valence-electron chi connectivity index (χ2n) is 4.51. The Balaban J connectivity index is 1.88. The first kappa shape index (κ1) is 12.1. The summed E-state index contributed by atoms with van der Waals surface area (Å²) in [6, 6.07) is 8.15. The largest absolute Gasteiger partial charge is 0.469 e. The third kappa shape index (κ3) is 2.29. The maximum Gasteiger partial charge on any atom is 0.109 e. The number of hydrogen-bond acceptors (Lipinski definition) is 2. The van der Waals surface area contributed by atoms with E-state index in [0.29, 0.717) is 6.04 Å². The summed E-state index contributed by atoms with van der Waals surface area (Å²) in [6.45, 7) is 0. The number of benzene rings is 1. The zero-order valence-electron chi connectivity index (χ0n) is 9.75. The molecule has 1 aliphatic rings. The van der Waals surface area contributed by atoms with Gasteiger partial charge >= 0.3 is 0 Å². The Morgan fingerprint density at radius 3 is 3.11 bits per heavy atom. The van der Waals surface area contributed by atoms with Gasteiger partial charge in [-0.15, -0.1) is 0 Å². The van der Waals surface area contributed by atoms with Crippen molar-refractivity contribution < 1.29 is 4.42 Å². The molecule has 0 fully saturated rings. The molecule has 0 aliphatic heterocycles. The molecular formula is C14H13BrClNO. The lowest BCUT2D eigenvalue weighted by molar-refractivity contribution is 0.461. The predicted molar refractivity (Wildman–Crippen MR) is 77.2 cm³/mol. The average Bonchev–Trinajstić information content (AvgIpc) is 2.83. The number of anilines is 1. The number of furan rings is 1. The van der Waals surface area contributed by atoms with Crippen LogP contribution in [0.4, 0.5) is 5.69 Å². The Hall–Kier alpha value is -0.930. The van der Waals surface area contributed by atoms with E-state index >= 15 is 0 Å². The molecular weight excluding hydrogens is 314 g/mol. The van der Waals surface area contributed by atoms with Gasteiger partial charge in [0.25, 0.3) is 0 Å². The molecule has 4 heteroatoms. The van der Waals surface area contributed by atoms with Crippen LogP contribution in [0, 0.1) is 0 Å². The Morgan fingerprint density at radius 2 is 2.22 bits per heavy atom. The summed E-state index contributed by atoms with van der Waals surface area (Å²) >= 11 is 9.58. The van der Waals surface area contributed by atoms with Gasteiger partial charge in [0.05, 0.1) is 18.0 Å². The molecule has 1 atom stereocenters.